The normalized spacial score (nSPS) is 25.6. The van der Waals surface area contributed by atoms with Crippen LogP contribution in [0.1, 0.15) is 89.7 Å². The first-order valence-corrected chi connectivity index (χ1v) is 17.4. The van der Waals surface area contributed by atoms with Crippen LogP contribution in [0.4, 0.5) is 0 Å². The Morgan fingerprint density at radius 2 is 1.91 bits per heavy atom. The molecule has 3 aliphatic rings. The van der Waals surface area contributed by atoms with Crippen LogP contribution >= 0.6 is 0 Å². The lowest BCUT2D eigenvalue weighted by Gasteiger charge is -2.39. The predicted molar refractivity (Wildman–Crippen MR) is 179 cm³/mol. The molecule has 1 unspecified atom stereocenters. The van der Waals surface area contributed by atoms with E-state index in [2.05, 4.69) is 25.4 Å². The van der Waals surface area contributed by atoms with Crippen LogP contribution in [0.2, 0.25) is 0 Å². The quantitative estimate of drug-likeness (QED) is 0.121. The number of carbonyl (C=O) groups is 4. The highest BCUT2D eigenvalue weighted by atomic mass is 16.6. The van der Waals surface area contributed by atoms with Crippen LogP contribution in [0.25, 0.3) is 0 Å². The monoisotopic (exact) mass is 651 g/mol. The van der Waals surface area contributed by atoms with Gasteiger partial charge in [-0.05, 0) is 51.0 Å². The van der Waals surface area contributed by atoms with Crippen molar-refractivity contribution in [1.82, 2.24) is 15.1 Å². The summed E-state index contributed by atoms with van der Waals surface area (Å²) >= 11 is 0. The molecule has 10 heteroatoms. The number of esters is 1. The number of likely N-dealkylation sites (tertiary alicyclic amines) is 1. The van der Waals surface area contributed by atoms with Crippen LogP contribution in [0, 0.1) is 11.8 Å². The van der Waals surface area contributed by atoms with Gasteiger partial charge in [0.15, 0.2) is 0 Å². The van der Waals surface area contributed by atoms with E-state index in [-0.39, 0.29) is 43.3 Å². The second-order valence-electron chi connectivity index (χ2n) is 13.1. The highest BCUT2D eigenvalue weighted by Crippen LogP contribution is 2.59. The number of aliphatic hydroxyl groups is 1. The van der Waals surface area contributed by atoms with E-state index < -0.39 is 41.7 Å². The van der Waals surface area contributed by atoms with Gasteiger partial charge in [-0.2, -0.15) is 0 Å². The molecule has 4 rings (SSSR count). The van der Waals surface area contributed by atoms with Gasteiger partial charge in [0.1, 0.15) is 17.7 Å². The number of hydrogen-bond donors (Lipinski definition) is 2. The van der Waals surface area contributed by atoms with Gasteiger partial charge in [0, 0.05) is 32.2 Å². The molecule has 0 radical (unpaired) electrons. The standard InChI is InChI=1S/C37H53N3O7/c1-5-8-19-30(42)38-25-29(27-17-12-11-13-18-27)46-36(45)31-28-20-21-37(47-28)32(31)34(43)40(23-14-9-10-15-24-41)33(37)35(44)39(22-7-3)26(4)16-6-2/h5,7,11-13,17-18,26,28-29,31-33,41H,1,3,6,8-10,14-16,19-25H2,2,4H3,(H,38,42)/t26?,28-,29-,31+,32+,33-,37+/m1/s1. The molecule has 0 aliphatic carbocycles. The minimum Gasteiger partial charge on any atom is -0.455 e. The fourth-order valence-corrected chi connectivity index (χ4v) is 7.69. The Balaban J connectivity index is 1.62. The zero-order valence-corrected chi connectivity index (χ0v) is 28.1. The summed E-state index contributed by atoms with van der Waals surface area (Å²) in [5.74, 6) is -2.85. The molecule has 1 aromatic rings. The Hall–Kier alpha value is -3.50. The summed E-state index contributed by atoms with van der Waals surface area (Å²) in [4.78, 5) is 59.0. The lowest BCUT2D eigenvalue weighted by molar-refractivity contribution is -0.160. The van der Waals surface area contributed by atoms with Gasteiger partial charge in [-0.1, -0.05) is 68.7 Å². The van der Waals surface area contributed by atoms with Gasteiger partial charge in [-0.3, -0.25) is 19.2 Å². The number of nitrogens with one attached hydrogen (secondary N) is 1. The maximum atomic E-state index is 14.5. The number of benzene rings is 1. The summed E-state index contributed by atoms with van der Waals surface area (Å²) in [6.07, 6.45) is 8.62. The predicted octanol–water partition coefficient (Wildman–Crippen LogP) is 4.48. The number of rotatable bonds is 20. The number of hydrogen-bond acceptors (Lipinski definition) is 7. The molecule has 0 saturated carbocycles. The third-order valence-electron chi connectivity index (χ3n) is 9.95. The molecular weight excluding hydrogens is 598 g/mol. The molecule has 2 bridgehead atoms. The largest absolute Gasteiger partial charge is 0.455 e. The van der Waals surface area contributed by atoms with E-state index in [0.29, 0.717) is 45.2 Å². The minimum absolute atomic E-state index is 0.0601. The number of allylic oxidation sites excluding steroid dienone is 1. The Labute approximate surface area is 279 Å². The summed E-state index contributed by atoms with van der Waals surface area (Å²) < 4.78 is 12.8. The Bertz CT molecular complexity index is 1260. The summed E-state index contributed by atoms with van der Waals surface area (Å²) in [6, 6.07) is 8.31. The molecule has 47 heavy (non-hydrogen) atoms. The van der Waals surface area contributed by atoms with Crippen LogP contribution in [0.3, 0.4) is 0 Å². The van der Waals surface area contributed by atoms with Crippen LogP contribution < -0.4 is 5.32 Å². The van der Waals surface area contributed by atoms with E-state index in [9.17, 15) is 24.3 Å². The summed E-state index contributed by atoms with van der Waals surface area (Å²) in [7, 11) is 0. The molecule has 3 saturated heterocycles. The Kier molecular flexibility index (Phi) is 13.2. The van der Waals surface area contributed by atoms with Crippen molar-refractivity contribution in [2.75, 3.05) is 26.2 Å². The zero-order valence-electron chi connectivity index (χ0n) is 28.1. The first-order valence-electron chi connectivity index (χ1n) is 17.4. The fraction of sp³-hybridized carbons (Fsp3) is 0.622. The summed E-state index contributed by atoms with van der Waals surface area (Å²) in [6.45, 7) is 12.6. The molecule has 7 atom stereocenters. The highest BCUT2D eigenvalue weighted by molar-refractivity contribution is 5.98. The maximum absolute atomic E-state index is 14.5. The second-order valence-corrected chi connectivity index (χ2v) is 13.1. The topological polar surface area (TPSA) is 125 Å². The van der Waals surface area contributed by atoms with Crippen molar-refractivity contribution < 1.29 is 33.8 Å². The molecular formula is C37H53N3O7. The zero-order chi connectivity index (χ0) is 34.0. The molecule has 3 aliphatic heterocycles. The van der Waals surface area contributed by atoms with Crippen molar-refractivity contribution in [3.05, 3.63) is 61.2 Å². The summed E-state index contributed by atoms with van der Waals surface area (Å²) in [5, 5.41) is 12.1. The number of carbonyl (C=O) groups excluding carboxylic acids is 4. The molecule has 2 N–H and O–H groups in total. The SMILES string of the molecule is C=CCCC(=O)NC[C@@H](OC(=O)[C@@H]1[C@H]2C(=O)N(CCCCCCO)[C@H](C(=O)N(CC=C)C(C)CCC)[C@]23CC[C@H]1O3)c1ccccc1. The van der Waals surface area contributed by atoms with Gasteiger partial charge >= 0.3 is 5.97 Å². The van der Waals surface area contributed by atoms with Gasteiger partial charge in [-0.15, -0.1) is 13.2 Å². The molecule has 3 amide bonds. The average Bonchev–Trinajstić information content (AvgIpc) is 3.71. The Morgan fingerprint density at radius 1 is 1.17 bits per heavy atom. The average molecular weight is 652 g/mol. The third-order valence-corrected chi connectivity index (χ3v) is 9.95. The van der Waals surface area contributed by atoms with Gasteiger partial charge in [0.2, 0.25) is 17.7 Å². The number of ether oxygens (including phenoxy) is 2. The van der Waals surface area contributed by atoms with Crippen molar-refractivity contribution in [1.29, 1.82) is 0 Å². The smallest absolute Gasteiger partial charge is 0.313 e. The number of aliphatic hydroxyl groups excluding tert-OH is 1. The van der Waals surface area contributed by atoms with E-state index in [1.807, 2.05) is 37.3 Å². The van der Waals surface area contributed by atoms with E-state index in [0.717, 1.165) is 31.2 Å². The van der Waals surface area contributed by atoms with Crippen LogP contribution in [0.15, 0.2) is 55.6 Å². The van der Waals surface area contributed by atoms with Crippen molar-refractivity contribution in [2.24, 2.45) is 11.8 Å². The first-order chi connectivity index (χ1) is 22.7. The lowest BCUT2D eigenvalue weighted by Crippen LogP contribution is -2.57. The minimum atomic E-state index is -1.12. The molecule has 3 heterocycles. The van der Waals surface area contributed by atoms with Crippen molar-refractivity contribution in [3.8, 4) is 0 Å². The fourth-order valence-electron chi connectivity index (χ4n) is 7.69. The molecule has 1 spiro atoms. The maximum Gasteiger partial charge on any atom is 0.313 e. The second kappa shape index (κ2) is 17.1. The van der Waals surface area contributed by atoms with Crippen LogP contribution in [-0.4, -0.2) is 88.6 Å². The number of amides is 3. The first kappa shape index (κ1) is 36.3. The van der Waals surface area contributed by atoms with E-state index in [4.69, 9.17) is 9.47 Å². The van der Waals surface area contributed by atoms with Crippen LogP contribution in [0.5, 0.6) is 0 Å². The van der Waals surface area contributed by atoms with Crippen LogP contribution in [-0.2, 0) is 28.7 Å². The number of fused-ring (bicyclic) bond motifs is 1. The molecule has 1 aromatic carbocycles. The molecule has 258 valence electrons. The molecule has 10 nitrogen and oxygen atoms in total. The highest BCUT2D eigenvalue weighted by Gasteiger charge is 2.75. The number of unbranched alkanes of at least 4 members (excludes halogenated alkanes) is 3. The van der Waals surface area contributed by atoms with E-state index in [1.165, 1.54) is 0 Å². The number of nitrogens with zero attached hydrogens (tertiary/aromatic N) is 2. The third kappa shape index (κ3) is 7.97. The van der Waals surface area contributed by atoms with Crippen molar-refractivity contribution in [3.63, 3.8) is 0 Å². The van der Waals surface area contributed by atoms with Crippen molar-refractivity contribution >= 4 is 23.7 Å². The van der Waals surface area contributed by atoms with Gasteiger partial charge in [0.25, 0.3) is 0 Å². The lowest BCUT2D eigenvalue weighted by atomic mass is 9.70. The van der Waals surface area contributed by atoms with Gasteiger partial charge < -0.3 is 29.7 Å². The van der Waals surface area contributed by atoms with Crippen molar-refractivity contribution in [2.45, 2.75) is 108 Å². The van der Waals surface area contributed by atoms with Gasteiger partial charge in [0.05, 0.1) is 24.5 Å². The van der Waals surface area contributed by atoms with E-state index >= 15 is 0 Å². The molecule has 3 fully saturated rings. The Morgan fingerprint density at radius 3 is 2.60 bits per heavy atom. The summed E-state index contributed by atoms with van der Waals surface area (Å²) in [5.41, 5.74) is -0.399. The van der Waals surface area contributed by atoms with Gasteiger partial charge in [-0.25, -0.2) is 0 Å². The molecule has 0 aromatic heterocycles. The van der Waals surface area contributed by atoms with E-state index in [1.54, 1.807) is 22.0 Å².